The maximum atomic E-state index is 6.22. The number of benzene rings is 8. The Morgan fingerprint density at radius 2 is 0.980 bits per heavy atom. The smallest absolute Gasteiger partial charge is 0.135 e. The third-order valence-electron chi connectivity index (χ3n) is 9.76. The van der Waals surface area contributed by atoms with Gasteiger partial charge in [0.25, 0.3) is 0 Å². The topological polar surface area (TPSA) is 21.3 Å². The molecule has 0 aliphatic rings. The van der Waals surface area contributed by atoms with Crippen molar-refractivity contribution < 1.29 is 4.42 Å². The zero-order valence-corrected chi connectivity index (χ0v) is 26.6. The van der Waals surface area contributed by atoms with Gasteiger partial charge in [0.2, 0.25) is 0 Å². The number of nitrogens with zero attached hydrogens (tertiary/aromatic N) is 2. The summed E-state index contributed by atoms with van der Waals surface area (Å²) in [5.41, 5.74) is 11.0. The van der Waals surface area contributed by atoms with Gasteiger partial charge in [-0.3, -0.25) is 0 Å². The second-order valence-corrected chi connectivity index (χ2v) is 12.6. The number of furan rings is 1. The van der Waals surface area contributed by atoms with Gasteiger partial charge >= 0.3 is 0 Å². The molecule has 0 atom stereocenters. The van der Waals surface area contributed by atoms with Crippen LogP contribution in [0, 0.1) is 0 Å². The summed E-state index contributed by atoms with van der Waals surface area (Å²) in [6, 6.07) is 65.1. The number of fused-ring (bicyclic) bond motifs is 7. The van der Waals surface area contributed by atoms with E-state index in [0.29, 0.717) is 0 Å². The Bertz CT molecular complexity index is 2830. The molecule has 0 spiro atoms. The SMILES string of the molecule is c1ccc(-n2c3ccccc3c3cc(N(c4ccc(-c5ccc6ccccc6c5)cc4)c4ccc5oc6ccccc6c5c4)ccc32)cc1. The van der Waals surface area contributed by atoms with Crippen molar-refractivity contribution in [2.45, 2.75) is 0 Å². The molecule has 0 saturated heterocycles. The summed E-state index contributed by atoms with van der Waals surface area (Å²) in [6.07, 6.45) is 0. The van der Waals surface area contributed by atoms with Crippen LogP contribution in [-0.4, -0.2) is 4.57 Å². The van der Waals surface area contributed by atoms with Crippen molar-refractivity contribution in [2.75, 3.05) is 4.90 Å². The summed E-state index contributed by atoms with van der Waals surface area (Å²) in [6.45, 7) is 0. The predicted octanol–water partition coefficient (Wildman–Crippen LogP) is 13.0. The van der Waals surface area contributed by atoms with Crippen LogP contribution in [0.5, 0.6) is 0 Å². The van der Waals surface area contributed by atoms with Gasteiger partial charge < -0.3 is 13.9 Å². The van der Waals surface area contributed by atoms with Crippen molar-refractivity contribution in [1.29, 1.82) is 0 Å². The van der Waals surface area contributed by atoms with Gasteiger partial charge in [0.15, 0.2) is 0 Å². The highest BCUT2D eigenvalue weighted by molar-refractivity contribution is 6.11. The second-order valence-electron chi connectivity index (χ2n) is 12.6. The molecule has 0 aliphatic heterocycles. The van der Waals surface area contributed by atoms with Crippen LogP contribution in [0.25, 0.3) is 71.3 Å². The molecule has 0 amide bonds. The lowest BCUT2D eigenvalue weighted by Gasteiger charge is -2.26. The van der Waals surface area contributed by atoms with Crippen LogP contribution in [0.2, 0.25) is 0 Å². The van der Waals surface area contributed by atoms with Crippen molar-refractivity contribution in [1.82, 2.24) is 4.57 Å². The first kappa shape index (κ1) is 27.5. The van der Waals surface area contributed by atoms with Crippen molar-refractivity contribution in [3.05, 3.63) is 182 Å². The summed E-state index contributed by atoms with van der Waals surface area (Å²) in [5.74, 6) is 0. The molecule has 0 saturated carbocycles. The predicted molar refractivity (Wildman–Crippen MR) is 206 cm³/mol. The molecule has 0 N–H and O–H groups in total. The van der Waals surface area contributed by atoms with Crippen LogP contribution in [0.1, 0.15) is 0 Å². The van der Waals surface area contributed by atoms with E-state index in [4.69, 9.17) is 4.42 Å². The lowest BCUT2D eigenvalue weighted by Crippen LogP contribution is -2.09. The fraction of sp³-hybridized carbons (Fsp3) is 0. The molecule has 0 unspecified atom stereocenters. The number of hydrogen-bond donors (Lipinski definition) is 0. The quantitative estimate of drug-likeness (QED) is 0.190. The Hall–Kier alpha value is -6.58. The van der Waals surface area contributed by atoms with Gasteiger partial charge in [0.05, 0.1) is 11.0 Å². The van der Waals surface area contributed by atoms with E-state index in [9.17, 15) is 0 Å². The van der Waals surface area contributed by atoms with Crippen molar-refractivity contribution >= 4 is 71.6 Å². The molecule has 8 aromatic carbocycles. The molecular formula is C46H30N2O. The zero-order chi connectivity index (χ0) is 32.3. The van der Waals surface area contributed by atoms with Gasteiger partial charge in [-0.25, -0.2) is 0 Å². The van der Waals surface area contributed by atoms with Crippen LogP contribution >= 0.6 is 0 Å². The largest absolute Gasteiger partial charge is 0.456 e. The molecule has 2 aromatic heterocycles. The van der Waals surface area contributed by atoms with E-state index in [2.05, 4.69) is 179 Å². The van der Waals surface area contributed by atoms with Gasteiger partial charge in [0.1, 0.15) is 11.2 Å². The fourth-order valence-corrected chi connectivity index (χ4v) is 7.43. The molecule has 230 valence electrons. The summed E-state index contributed by atoms with van der Waals surface area (Å²) in [4.78, 5) is 2.36. The van der Waals surface area contributed by atoms with Gasteiger partial charge in [-0.2, -0.15) is 0 Å². The summed E-state index contributed by atoms with van der Waals surface area (Å²) < 4.78 is 8.59. The number of hydrogen-bond acceptors (Lipinski definition) is 2. The van der Waals surface area contributed by atoms with Crippen LogP contribution in [0.4, 0.5) is 17.1 Å². The molecule has 0 bridgehead atoms. The number of rotatable bonds is 5. The summed E-state index contributed by atoms with van der Waals surface area (Å²) in [7, 11) is 0. The Morgan fingerprint density at radius 3 is 1.84 bits per heavy atom. The minimum atomic E-state index is 0.887. The maximum absolute atomic E-state index is 6.22. The highest BCUT2D eigenvalue weighted by Gasteiger charge is 2.19. The first-order valence-electron chi connectivity index (χ1n) is 16.7. The zero-order valence-electron chi connectivity index (χ0n) is 26.6. The van der Waals surface area contributed by atoms with Crippen LogP contribution in [0.15, 0.2) is 186 Å². The highest BCUT2D eigenvalue weighted by Crippen LogP contribution is 2.42. The minimum absolute atomic E-state index is 0.887. The fourth-order valence-electron chi connectivity index (χ4n) is 7.43. The maximum Gasteiger partial charge on any atom is 0.135 e. The van der Waals surface area contributed by atoms with E-state index in [1.54, 1.807) is 0 Å². The molecule has 2 heterocycles. The van der Waals surface area contributed by atoms with Crippen molar-refractivity contribution in [3.63, 3.8) is 0 Å². The molecule has 3 nitrogen and oxygen atoms in total. The normalized spacial score (nSPS) is 11.7. The minimum Gasteiger partial charge on any atom is -0.456 e. The highest BCUT2D eigenvalue weighted by atomic mass is 16.3. The Kier molecular flexibility index (Phi) is 6.18. The Labute approximate surface area is 283 Å². The third-order valence-corrected chi connectivity index (χ3v) is 9.76. The monoisotopic (exact) mass is 626 g/mol. The average Bonchev–Trinajstić information content (AvgIpc) is 3.71. The average molecular weight is 627 g/mol. The number of anilines is 3. The second kappa shape index (κ2) is 11.0. The molecule has 49 heavy (non-hydrogen) atoms. The first-order chi connectivity index (χ1) is 24.3. The number of para-hydroxylation sites is 3. The molecule has 0 aliphatic carbocycles. The van der Waals surface area contributed by atoms with Crippen LogP contribution in [0.3, 0.4) is 0 Å². The van der Waals surface area contributed by atoms with E-state index in [0.717, 1.165) is 44.7 Å². The Morgan fingerprint density at radius 1 is 0.367 bits per heavy atom. The van der Waals surface area contributed by atoms with Crippen molar-refractivity contribution in [3.8, 4) is 16.8 Å². The van der Waals surface area contributed by atoms with E-state index in [1.807, 2.05) is 12.1 Å². The third kappa shape index (κ3) is 4.51. The molecular weight excluding hydrogens is 597 g/mol. The van der Waals surface area contributed by atoms with E-state index in [1.165, 1.54) is 43.7 Å². The summed E-state index contributed by atoms with van der Waals surface area (Å²) >= 11 is 0. The summed E-state index contributed by atoms with van der Waals surface area (Å²) in [5, 5.41) is 7.16. The van der Waals surface area contributed by atoms with E-state index in [-0.39, 0.29) is 0 Å². The standard InChI is InChI=1S/C46H30N2O/c1-2-12-35(13-3-1)48-43-16-8-6-14-39(43)41-29-37(24-26-44(41)48)47(38-25-27-46-42(30-38)40-15-7-9-17-45(40)49-46)36-22-20-32(21-23-36)34-19-18-31-10-4-5-11-33(31)28-34/h1-30H. The van der Waals surface area contributed by atoms with E-state index >= 15 is 0 Å². The van der Waals surface area contributed by atoms with E-state index < -0.39 is 0 Å². The molecule has 10 aromatic rings. The molecule has 3 heteroatoms. The first-order valence-corrected chi connectivity index (χ1v) is 16.7. The van der Waals surface area contributed by atoms with Gasteiger partial charge in [-0.05, 0) is 101 Å². The van der Waals surface area contributed by atoms with Gasteiger partial charge in [-0.15, -0.1) is 0 Å². The van der Waals surface area contributed by atoms with Gasteiger partial charge in [-0.1, -0.05) is 103 Å². The molecule has 0 radical (unpaired) electrons. The van der Waals surface area contributed by atoms with Crippen molar-refractivity contribution in [2.24, 2.45) is 0 Å². The Balaban J connectivity index is 1.16. The number of aromatic nitrogens is 1. The molecule has 10 rings (SSSR count). The van der Waals surface area contributed by atoms with Crippen LogP contribution in [-0.2, 0) is 0 Å². The molecule has 0 fully saturated rings. The van der Waals surface area contributed by atoms with Crippen LogP contribution < -0.4 is 4.90 Å². The lowest BCUT2D eigenvalue weighted by molar-refractivity contribution is 0.669. The lowest BCUT2D eigenvalue weighted by atomic mass is 10.0. The van der Waals surface area contributed by atoms with Gasteiger partial charge in [0, 0.05) is 44.3 Å².